The van der Waals surface area contributed by atoms with Crippen LogP contribution in [0.4, 0.5) is 0 Å². The van der Waals surface area contributed by atoms with Gasteiger partial charge in [0.05, 0.1) is 7.11 Å². The van der Waals surface area contributed by atoms with Crippen molar-refractivity contribution in [2.45, 2.75) is 13.8 Å². The summed E-state index contributed by atoms with van der Waals surface area (Å²) in [7, 11) is 1.60. The van der Waals surface area contributed by atoms with Gasteiger partial charge in [-0.25, -0.2) is 4.79 Å². The van der Waals surface area contributed by atoms with Gasteiger partial charge in [0.15, 0.2) is 11.3 Å². The zero-order valence-electron chi connectivity index (χ0n) is 15.9. The topological polar surface area (TPSA) is 61.8 Å². The number of methoxy groups -OCH3 is 1. The summed E-state index contributed by atoms with van der Waals surface area (Å²) in [4.78, 5) is 12.1. The van der Waals surface area contributed by atoms with Gasteiger partial charge < -0.3 is 18.3 Å². The molecule has 28 heavy (non-hydrogen) atoms. The number of hydrogen-bond acceptors (Lipinski definition) is 5. The molecule has 4 rings (SSSR count). The number of benzene rings is 2. The molecule has 0 spiro atoms. The van der Waals surface area contributed by atoms with E-state index in [2.05, 4.69) is 0 Å². The number of rotatable bonds is 5. The number of para-hydroxylation sites is 1. The second kappa shape index (κ2) is 7.27. The molecular formula is C23H20O5. The van der Waals surface area contributed by atoms with Crippen molar-refractivity contribution in [3.05, 3.63) is 70.6 Å². The molecular weight excluding hydrogens is 356 g/mol. The molecule has 0 amide bonds. The van der Waals surface area contributed by atoms with Gasteiger partial charge in [0.1, 0.15) is 23.7 Å². The Morgan fingerprint density at radius 1 is 1.07 bits per heavy atom. The molecule has 0 aliphatic carbocycles. The van der Waals surface area contributed by atoms with E-state index in [1.54, 1.807) is 19.2 Å². The van der Waals surface area contributed by atoms with Gasteiger partial charge in [-0.3, -0.25) is 0 Å². The third kappa shape index (κ3) is 3.39. The summed E-state index contributed by atoms with van der Waals surface area (Å²) in [5.74, 6) is 1.90. The molecule has 2 heterocycles. The third-order valence-corrected chi connectivity index (χ3v) is 4.45. The lowest BCUT2D eigenvalue weighted by molar-refractivity contribution is 0.362. The van der Waals surface area contributed by atoms with Gasteiger partial charge in [-0.1, -0.05) is 17.7 Å². The molecule has 0 saturated heterocycles. The smallest absolute Gasteiger partial charge is 0.336 e. The van der Waals surface area contributed by atoms with Gasteiger partial charge in [0, 0.05) is 22.4 Å². The molecule has 0 aliphatic rings. The summed E-state index contributed by atoms with van der Waals surface area (Å²) in [6.07, 6.45) is 2.00. The Kier molecular flexibility index (Phi) is 4.65. The van der Waals surface area contributed by atoms with Crippen LogP contribution in [0.5, 0.6) is 11.5 Å². The molecule has 142 valence electrons. The number of allylic oxidation sites excluding steroid dienone is 1. The quantitative estimate of drug-likeness (QED) is 0.337. The van der Waals surface area contributed by atoms with E-state index in [1.165, 1.54) is 11.6 Å². The fourth-order valence-electron chi connectivity index (χ4n) is 3.07. The minimum atomic E-state index is -0.437. The maximum Gasteiger partial charge on any atom is 0.336 e. The number of furan rings is 1. The Bertz CT molecular complexity index is 1240. The molecule has 0 atom stereocenters. The summed E-state index contributed by atoms with van der Waals surface area (Å²) in [5, 5.41) is 1.64. The van der Waals surface area contributed by atoms with Crippen molar-refractivity contribution in [2.75, 3.05) is 13.7 Å². The van der Waals surface area contributed by atoms with Gasteiger partial charge in [-0.05, 0) is 50.3 Å². The van der Waals surface area contributed by atoms with Crippen LogP contribution in [-0.2, 0) is 0 Å². The summed E-state index contributed by atoms with van der Waals surface area (Å²) < 4.78 is 22.6. The van der Waals surface area contributed by atoms with E-state index < -0.39 is 5.63 Å². The van der Waals surface area contributed by atoms with E-state index >= 15 is 0 Å². The highest BCUT2D eigenvalue weighted by molar-refractivity contribution is 5.96. The predicted molar refractivity (Wildman–Crippen MR) is 109 cm³/mol. The molecule has 0 fully saturated rings. The molecule has 5 heteroatoms. The van der Waals surface area contributed by atoms with E-state index in [0.29, 0.717) is 40.6 Å². The number of hydrogen-bond donors (Lipinski definition) is 0. The molecule has 0 unspecified atom stereocenters. The summed E-state index contributed by atoms with van der Waals surface area (Å²) in [5.41, 5.74) is 2.51. The minimum absolute atomic E-state index is 0.437. The zero-order valence-corrected chi connectivity index (χ0v) is 15.9. The lowest BCUT2D eigenvalue weighted by Crippen LogP contribution is -1.99. The van der Waals surface area contributed by atoms with E-state index in [-0.39, 0.29) is 0 Å². The lowest BCUT2D eigenvalue weighted by Gasteiger charge is -2.07. The Labute approximate surface area is 161 Å². The van der Waals surface area contributed by atoms with Crippen LogP contribution in [0.1, 0.15) is 13.8 Å². The molecule has 2 aromatic carbocycles. The van der Waals surface area contributed by atoms with Crippen molar-refractivity contribution >= 4 is 21.9 Å². The van der Waals surface area contributed by atoms with E-state index in [1.807, 2.05) is 50.3 Å². The predicted octanol–water partition coefficient (Wildman–Crippen LogP) is 5.56. The van der Waals surface area contributed by atoms with E-state index in [9.17, 15) is 4.79 Å². The number of fused-ring (bicyclic) bond motifs is 2. The van der Waals surface area contributed by atoms with Gasteiger partial charge >= 0.3 is 5.63 Å². The molecule has 5 nitrogen and oxygen atoms in total. The van der Waals surface area contributed by atoms with Crippen molar-refractivity contribution in [1.29, 1.82) is 0 Å². The second-order valence-corrected chi connectivity index (χ2v) is 6.72. The first-order chi connectivity index (χ1) is 13.5. The molecule has 0 saturated carbocycles. The van der Waals surface area contributed by atoms with Gasteiger partial charge in [0.25, 0.3) is 0 Å². The van der Waals surface area contributed by atoms with Crippen LogP contribution in [0.3, 0.4) is 0 Å². The normalized spacial score (nSPS) is 11.0. The Balaban J connectivity index is 1.85. The molecule has 4 aromatic rings. The monoisotopic (exact) mass is 376 g/mol. The first-order valence-corrected chi connectivity index (χ1v) is 8.96. The number of ether oxygens (including phenoxy) is 2. The SMILES string of the molecule is COc1cccc2cc(-c3cc(=O)oc4ccc(OCC=C(C)C)cc34)oc12. The molecule has 0 N–H and O–H groups in total. The van der Waals surface area contributed by atoms with Crippen LogP contribution in [0.25, 0.3) is 33.3 Å². The first kappa shape index (κ1) is 17.9. The summed E-state index contributed by atoms with van der Waals surface area (Å²) in [6.45, 7) is 4.51. The van der Waals surface area contributed by atoms with Crippen molar-refractivity contribution in [3.63, 3.8) is 0 Å². The molecule has 0 aliphatic heterocycles. The Morgan fingerprint density at radius 2 is 1.93 bits per heavy atom. The van der Waals surface area contributed by atoms with E-state index in [4.69, 9.17) is 18.3 Å². The maximum absolute atomic E-state index is 12.1. The highest BCUT2D eigenvalue weighted by Gasteiger charge is 2.15. The van der Waals surface area contributed by atoms with Gasteiger partial charge in [-0.15, -0.1) is 0 Å². The highest BCUT2D eigenvalue weighted by atomic mass is 16.5. The van der Waals surface area contributed by atoms with E-state index in [0.717, 1.165) is 10.8 Å². The third-order valence-electron chi connectivity index (χ3n) is 4.45. The summed E-state index contributed by atoms with van der Waals surface area (Å²) in [6, 6.07) is 14.4. The van der Waals surface area contributed by atoms with Crippen molar-refractivity contribution in [2.24, 2.45) is 0 Å². The fraction of sp³-hybridized carbons (Fsp3) is 0.174. The van der Waals surface area contributed by atoms with Crippen molar-refractivity contribution in [1.82, 2.24) is 0 Å². The van der Waals surface area contributed by atoms with Gasteiger partial charge in [0.2, 0.25) is 0 Å². The fourth-order valence-corrected chi connectivity index (χ4v) is 3.07. The first-order valence-electron chi connectivity index (χ1n) is 8.96. The Hall–Kier alpha value is -3.47. The minimum Gasteiger partial charge on any atom is -0.493 e. The maximum atomic E-state index is 12.1. The Morgan fingerprint density at radius 3 is 2.71 bits per heavy atom. The second-order valence-electron chi connectivity index (χ2n) is 6.72. The van der Waals surface area contributed by atoms with Crippen LogP contribution >= 0.6 is 0 Å². The van der Waals surface area contributed by atoms with Gasteiger partial charge in [-0.2, -0.15) is 0 Å². The standard InChI is InChI=1S/C23H20O5/c1-14(2)9-10-26-16-7-8-19-17(12-16)18(13-22(24)27-19)21-11-15-5-4-6-20(25-3)23(15)28-21/h4-9,11-13H,10H2,1-3H3. The lowest BCUT2D eigenvalue weighted by atomic mass is 10.1. The largest absolute Gasteiger partial charge is 0.493 e. The van der Waals surface area contributed by atoms with Crippen LogP contribution in [0.15, 0.2) is 73.8 Å². The van der Waals surface area contributed by atoms with Crippen molar-refractivity contribution in [3.8, 4) is 22.8 Å². The van der Waals surface area contributed by atoms with Crippen LogP contribution in [0.2, 0.25) is 0 Å². The summed E-state index contributed by atoms with van der Waals surface area (Å²) >= 11 is 0. The van der Waals surface area contributed by atoms with Crippen LogP contribution in [0, 0.1) is 0 Å². The average molecular weight is 376 g/mol. The zero-order chi connectivity index (χ0) is 19.7. The van der Waals surface area contributed by atoms with Crippen LogP contribution < -0.4 is 15.1 Å². The van der Waals surface area contributed by atoms with Crippen LogP contribution in [-0.4, -0.2) is 13.7 Å². The molecule has 0 bridgehead atoms. The molecule has 2 aromatic heterocycles. The highest BCUT2D eigenvalue weighted by Crippen LogP contribution is 2.36. The van der Waals surface area contributed by atoms with Crippen molar-refractivity contribution < 1.29 is 18.3 Å². The molecule has 0 radical (unpaired) electrons. The average Bonchev–Trinajstić information content (AvgIpc) is 3.11.